The molecule has 0 atom stereocenters. The zero-order valence-electron chi connectivity index (χ0n) is 11.7. The lowest BCUT2D eigenvalue weighted by molar-refractivity contribution is -0.0521. The van der Waals surface area contributed by atoms with Crippen molar-refractivity contribution in [3.8, 4) is 5.75 Å². The van der Waals surface area contributed by atoms with E-state index in [1.807, 2.05) is 0 Å². The molecule has 0 bridgehead atoms. The Labute approximate surface area is 129 Å². The third-order valence-electron chi connectivity index (χ3n) is 2.77. The van der Waals surface area contributed by atoms with E-state index in [-0.39, 0.29) is 18.0 Å². The molecule has 0 aliphatic carbocycles. The monoisotopic (exact) mass is 328 g/mol. The minimum absolute atomic E-state index is 0.0701. The van der Waals surface area contributed by atoms with Gasteiger partial charge in [-0.25, -0.2) is 13.6 Å². The molecule has 23 heavy (non-hydrogen) atoms. The molecule has 2 aromatic rings. The number of amides is 2. The number of halogens is 4. The summed E-state index contributed by atoms with van der Waals surface area (Å²) in [5, 5.41) is 4.82. The number of urea groups is 1. The van der Waals surface area contributed by atoms with Gasteiger partial charge >= 0.3 is 12.6 Å². The maximum absolute atomic E-state index is 13.5. The van der Waals surface area contributed by atoms with Gasteiger partial charge in [-0.15, -0.1) is 0 Å². The van der Waals surface area contributed by atoms with Crippen molar-refractivity contribution in [3.63, 3.8) is 0 Å². The molecule has 2 rings (SSSR count). The van der Waals surface area contributed by atoms with Crippen LogP contribution in [0, 0.1) is 11.6 Å². The van der Waals surface area contributed by atoms with Crippen molar-refractivity contribution in [1.82, 2.24) is 5.32 Å². The number of anilines is 1. The third kappa shape index (κ3) is 5.17. The van der Waals surface area contributed by atoms with E-state index in [0.717, 1.165) is 12.1 Å². The van der Waals surface area contributed by atoms with E-state index in [1.165, 1.54) is 30.3 Å². The van der Waals surface area contributed by atoms with Crippen molar-refractivity contribution < 1.29 is 27.1 Å². The fourth-order valence-corrected chi connectivity index (χ4v) is 1.73. The molecule has 0 fully saturated rings. The van der Waals surface area contributed by atoms with Crippen molar-refractivity contribution in [1.29, 1.82) is 0 Å². The molecule has 2 amide bonds. The van der Waals surface area contributed by atoms with Crippen LogP contribution in [-0.2, 0) is 6.54 Å². The second-order valence-corrected chi connectivity index (χ2v) is 4.46. The van der Waals surface area contributed by atoms with E-state index in [9.17, 15) is 22.4 Å². The van der Waals surface area contributed by atoms with Gasteiger partial charge < -0.3 is 15.4 Å². The lowest BCUT2D eigenvalue weighted by Gasteiger charge is -2.10. The molecule has 0 saturated heterocycles. The van der Waals surface area contributed by atoms with Crippen LogP contribution in [0.3, 0.4) is 0 Å². The summed E-state index contributed by atoms with van der Waals surface area (Å²) in [5.74, 6) is -2.03. The molecule has 8 heteroatoms. The molecular formula is C15H12F4N2O2. The average Bonchev–Trinajstić information content (AvgIpc) is 2.49. The minimum Gasteiger partial charge on any atom is -0.432 e. The van der Waals surface area contributed by atoms with Crippen LogP contribution < -0.4 is 15.4 Å². The van der Waals surface area contributed by atoms with Gasteiger partial charge in [0.1, 0.15) is 5.82 Å². The Hall–Kier alpha value is -2.77. The summed E-state index contributed by atoms with van der Waals surface area (Å²) >= 11 is 0. The predicted octanol–water partition coefficient (Wildman–Crippen LogP) is 3.89. The van der Waals surface area contributed by atoms with E-state index in [1.54, 1.807) is 0 Å². The highest BCUT2D eigenvalue weighted by molar-refractivity contribution is 5.89. The molecule has 0 heterocycles. The van der Waals surface area contributed by atoms with Gasteiger partial charge in [-0.2, -0.15) is 8.78 Å². The first-order chi connectivity index (χ1) is 10.9. The Morgan fingerprint density at radius 2 is 1.78 bits per heavy atom. The Kier molecular flexibility index (Phi) is 5.40. The standard InChI is InChI=1S/C15H12F4N2O2/c16-10-3-1-9(2-4-10)8-20-15(22)21-11-5-6-13(12(17)7-11)23-14(18)19/h1-7,14H,8H2,(H2,20,21,22). The number of alkyl halides is 2. The molecule has 0 unspecified atom stereocenters. The van der Waals surface area contributed by atoms with Gasteiger partial charge in [-0.05, 0) is 29.8 Å². The van der Waals surface area contributed by atoms with E-state index in [4.69, 9.17) is 0 Å². The number of nitrogens with one attached hydrogen (secondary N) is 2. The SMILES string of the molecule is O=C(NCc1ccc(F)cc1)Nc1ccc(OC(F)F)c(F)c1. The van der Waals surface area contributed by atoms with Gasteiger partial charge in [0.2, 0.25) is 0 Å². The summed E-state index contributed by atoms with van der Waals surface area (Å²) in [7, 11) is 0. The Morgan fingerprint density at radius 3 is 2.39 bits per heavy atom. The molecule has 0 aliphatic heterocycles. The average molecular weight is 328 g/mol. The van der Waals surface area contributed by atoms with E-state index in [2.05, 4.69) is 15.4 Å². The van der Waals surface area contributed by atoms with Crippen molar-refractivity contribution in [3.05, 3.63) is 59.7 Å². The lowest BCUT2D eigenvalue weighted by Crippen LogP contribution is -2.28. The summed E-state index contributed by atoms with van der Waals surface area (Å²) in [6, 6.07) is 7.95. The highest BCUT2D eigenvalue weighted by Crippen LogP contribution is 2.22. The molecule has 0 saturated carbocycles. The zero-order chi connectivity index (χ0) is 16.8. The molecule has 0 spiro atoms. The van der Waals surface area contributed by atoms with Crippen LogP contribution >= 0.6 is 0 Å². The normalized spacial score (nSPS) is 10.5. The second-order valence-electron chi connectivity index (χ2n) is 4.46. The summed E-state index contributed by atoms with van der Waals surface area (Å²) < 4.78 is 54.2. The first-order valence-electron chi connectivity index (χ1n) is 6.47. The molecule has 122 valence electrons. The molecule has 0 aromatic heterocycles. The maximum Gasteiger partial charge on any atom is 0.387 e. The quantitative estimate of drug-likeness (QED) is 0.818. The fraction of sp³-hybridized carbons (Fsp3) is 0.133. The largest absolute Gasteiger partial charge is 0.432 e. The molecule has 4 nitrogen and oxygen atoms in total. The van der Waals surface area contributed by atoms with E-state index < -0.39 is 24.2 Å². The van der Waals surface area contributed by atoms with Crippen molar-refractivity contribution in [2.45, 2.75) is 13.2 Å². The summed E-state index contributed by atoms with van der Waals surface area (Å²) in [5.41, 5.74) is 0.745. The first-order valence-corrected chi connectivity index (χ1v) is 6.47. The number of rotatable bonds is 5. The molecular weight excluding hydrogens is 316 g/mol. The number of carbonyl (C=O) groups excluding carboxylic acids is 1. The van der Waals surface area contributed by atoms with Gasteiger partial charge in [0.05, 0.1) is 0 Å². The molecule has 0 radical (unpaired) electrons. The van der Waals surface area contributed by atoms with Crippen molar-refractivity contribution in [2.24, 2.45) is 0 Å². The van der Waals surface area contributed by atoms with Gasteiger partial charge in [0.15, 0.2) is 11.6 Å². The second kappa shape index (κ2) is 7.48. The number of ether oxygens (including phenoxy) is 1. The van der Waals surface area contributed by atoms with Crippen molar-refractivity contribution in [2.75, 3.05) is 5.32 Å². The summed E-state index contributed by atoms with van der Waals surface area (Å²) in [6.45, 7) is -3.00. The van der Waals surface area contributed by atoms with Crippen LogP contribution in [0.1, 0.15) is 5.56 Å². The molecule has 2 aromatic carbocycles. The Balaban J connectivity index is 1.89. The van der Waals surface area contributed by atoms with E-state index in [0.29, 0.717) is 5.56 Å². The van der Waals surface area contributed by atoms with Crippen LogP contribution in [0.4, 0.5) is 28.0 Å². The third-order valence-corrected chi connectivity index (χ3v) is 2.77. The van der Waals surface area contributed by atoms with Crippen molar-refractivity contribution >= 4 is 11.7 Å². The smallest absolute Gasteiger partial charge is 0.387 e. The number of benzene rings is 2. The van der Waals surface area contributed by atoms with Crippen LogP contribution in [0.25, 0.3) is 0 Å². The zero-order valence-corrected chi connectivity index (χ0v) is 11.7. The van der Waals surface area contributed by atoms with Crippen LogP contribution in [-0.4, -0.2) is 12.6 Å². The molecule has 2 N–H and O–H groups in total. The predicted molar refractivity (Wildman–Crippen MR) is 75.3 cm³/mol. The summed E-state index contributed by atoms with van der Waals surface area (Å²) in [6.07, 6.45) is 0. The van der Waals surface area contributed by atoms with Gasteiger partial charge in [0, 0.05) is 18.3 Å². The maximum atomic E-state index is 13.5. The summed E-state index contributed by atoms with van der Waals surface area (Å²) in [4.78, 5) is 11.7. The topological polar surface area (TPSA) is 50.4 Å². The highest BCUT2D eigenvalue weighted by Gasteiger charge is 2.11. The Morgan fingerprint density at radius 1 is 1.09 bits per heavy atom. The van der Waals surface area contributed by atoms with Gasteiger partial charge in [0.25, 0.3) is 0 Å². The fourth-order valence-electron chi connectivity index (χ4n) is 1.73. The minimum atomic E-state index is -3.14. The molecule has 0 aliphatic rings. The number of carbonyl (C=O) groups is 1. The number of hydrogen-bond donors (Lipinski definition) is 2. The first kappa shape index (κ1) is 16.6. The highest BCUT2D eigenvalue weighted by atomic mass is 19.3. The van der Waals surface area contributed by atoms with Crippen LogP contribution in [0.15, 0.2) is 42.5 Å². The number of hydrogen-bond acceptors (Lipinski definition) is 2. The van der Waals surface area contributed by atoms with Crippen LogP contribution in [0.5, 0.6) is 5.75 Å². The van der Waals surface area contributed by atoms with Gasteiger partial charge in [-0.1, -0.05) is 12.1 Å². The lowest BCUT2D eigenvalue weighted by atomic mass is 10.2. The van der Waals surface area contributed by atoms with Crippen LogP contribution in [0.2, 0.25) is 0 Å². The Bertz CT molecular complexity index is 678. The van der Waals surface area contributed by atoms with E-state index >= 15 is 0 Å². The van der Waals surface area contributed by atoms with Gasteiger partial charge in [-0.3, -0.25) is 0 Å².